The number of pyridine rings is 1. The third-order valence-corrected chi connectivity index (χ3v) is 6.43. The molecule has 7 nitrogen and oxygen atoms in total. The number of ether oxygens (including phenoxy) is 1. The van der Waals surface area contributed by atoms with E-state index in [1.54, 1.807) is 12.1 Å². The third kappa shape index (κ3) is 5.83. The van der Waals surface area contributed by atoms with Crippen LogP contribution in [0.15, 0.2) is 91.0 Å². The van der Waals surface area contributed by atoms with Gasteiger partial charge >= 0.3 is 6.16 Å². The van der Waals surface area contributed by atoms with Crippen molar-refractivity contribution in [3.8, 4) is 16.9 Å². The lowest BCUT2D eigenvalue weighted by Gasteiger charge is -2.12. The molecule has 3 aromatic carbocycles. The van der Waals surface area contributed by atoms with Gasteiger partial charge in [0.2, 0.25) is 0 Å². The summed E-state index contributed by atoms with van der Waals surface area (Å²) in [5.41, 5.74) is 5.66. The number of para-hydroxylation sites is 1. The van der Waals surface area contributed by atoms with Gasteiger partial charge in [-0.3, -0.25) is 0 Å². The lowest BCUT2D eigenvalue weighted by Crippen LogP contribution is -2.07. The van der Waals surface area contributed by atoms with Crippen LogP contribution in [-0.4, -0.2) is 25.8 Å². The molecule has 0 radical (unpaired) electrons. The number of imidazole rings is 1. The van der Waals surface area contributed by atoms with E-state index in [0.717, 1.165) is 58.8 Å². The van der Waals surface area contributed by atoms with Crippen LogP contribution < -0.4 is 10.1 Å². The van der Waals surface area contributed by atoms with Crippen LogP contribution in [0.3, 0.4) is 0 Å². The van der Waals surface area contributed by atoms with E-state index >= 15 is 0 Å². The number of unbranched alkanes of at least 4 members (excludes halogenated alkanes) is 1. The van der Waals surface area contributed by atoms with Gasteiger partial charge in [-0.05, 0) is 41.3 Å². The Labute approximate surface area is 221 Å². The number of rotatable bonds is 10. The number of aryl methyl sites for hydroxylation is 1. The molecule has 0 bridgehead atoms. The van der Waals surface area contributed by atoms with Gasteiger partial charge in [0.15, 0.2) is 5.65 Å². The van der Waals surface area contributed by atoms with Crippen LogP contribution in [0.25, 0.3) is 22.3 Å². The second-order valence-corrected chi connectivity index (χ2v) is 9.16. The summed E-state index contributed by atoms with van der Waals surface area (Å²) in [6.45, 7) is 3.52. The number of hydrogen-bond acceptors (Lipinski definition) is 5. The van der Waals surface area contributed by atoms with Gasteiger partial charge in [-0.15, -0.1) is 0 Å². The van der Waals surface area contributed by atoms with Gasteiger partial charge in [-0.25, -0.2) is 14.8 Å². The Morgan fingerprint density at radius 3 is 2.42 bits per heavy atom. The molecule has 2 heterocycles. The number of hydrogen-bond donors (Lipinski definition) is 2. The fourth-order valence-corrected chi connectivity index (χ4v) is 4.49. The van der Waals surface area contributed by atoms with E-state index < -0.39 is 6.16 Å². The molecule has 0 saturated carbocycles. The second kappa shape index (κ2) is 11.6. The van der Waals surface area contributed by atoms with Crippen LogP contribution in [0.4, 0.5) is 10.6 Å². The number of nitrogens with one attached hydrogen (secondary N) is 1. The molecule has 192 valence electrons. The molecule has 0 fully saturated rings. The van der Waals surface area contributed by atoms with E-state index in [1.165, 1.54) is 5.56 Å². The molecule has 5 rings (SSSR count). The predicted molar refractivity (Wildman–Crippen MR) is 150 cm³/mol. The summed E-state index contributed by atoms with van der Waals surface area (Å²) >= 11 is 0. The van der Waals surface area contributed by atoms with Gasteiger partial charge in [-0.1, -0.05) is 86.1 Å². The van der Waals surface area contributed by atoms with Crippen molar-refractivity contribution in [3.05, 3.63) is 108 Å². The van der Waals surface area contributed by atoms with E-state index in [0.29, 0.717) is 18.8 Å². The highest BCUT2D eigenvalue weighted by atomic mass is 16.7. The summed E-state index contributed by atoms with van der Waals surface area (Å²) in [5, 5.41) is 12.5. The van der Waals surface area contributed by atoms with Gasteiger partial charge in [0.25, 0.3) is 0 Å². The summed E-state index contributed by atoms with van der Waals surface area (Å²) < 4.78 is 7.17. The summed E-state index contributed by atoms with van der Waals surface area (Å²) in [6.07, 6.45) is 1.71. The maximum atomic E-state index is 11.1. The molecule has 0 unspecified atom stereocenters. The molecular formula is C31H30N4O3. The van der Waals surface area contributed by atoms with Crippen LogP contribution >= 0.6 is 0 Å². The number of anilines is 1. The smallest absolute Gasteiger partial charge is 0.449 e. The summed E-state index contributed by atoms with van der Waals surface area (Å²) in [5.74, 6) is 2.16. The monoisotopic (exact) mass is 506 g/mol. The van der Waals surface area contributed by atoms with Crippen molar-refractivity contribution in [2.75, 3.05) is 5.32 Å². The predicted octanol–water partition coefficient (Wildman–Crippen LogP) is 7.16. The molecule has 0 atom stereocenters. The topological polar surface area (TPSA) is 89.3 Å². The molecular weight excluding hydrogens is 476 g/mol. The molecule has 2 N–H and O–H groups in total. The fourth-order valence-electron chi connectivity index (χ4n) is 4.49. The Hall–Kier alpha value is -4.65. The number of aromatic nitrogens is 3. The van der Waals surface area contributed by atoms with Crippen molar-refractivity contribution >= 4 is 23.1 Å². The highest BCUT2D eigenvalue weighted by Crippen LogP contribution is 2.30. The quantitative estimate of drug-likeness (QED) is 0.154. The van der Waals surface area contributed by atoms with Crippen molar-refractivity contribution < 1.29 is 14.6 Å². The highest BCUT2D eigenvalue weighted by molar-refractivity contribution is 5.75. The lowest BCUT2D eigenvalue weighted by molar-refractivity contribution is 0.144. The van der Waals surface area contributed by atoms with Crippen LogP contribution in [0, 0.1) is 0 Å². The maximum Gasteiger partial charge on any atom is 0.511 e. The van der Waals surface area contributed by atoms with Crippen molar-refractivity contribution in [2.45, 2.75) is 39.3 Å². The molecule has 0 saturated heterocycles. The molecule has 0 spiro atoms. The molecule has 2 aromatic heterocycles. The van der Waals surface area contributed by atoms with Crippen molar-refractivity contribution in [3.63, 3.8) is 0 Å². The molecule has 38 heavy (non-hydrogen) atoms. The first-order valence-corrected chi connectivity index (χ1v) is 12.8. The summed E-state index contributed by atoms with van der Waals surface area (Å²) in [7, 11) is 0. The lowest BCUT2D eigenvalue weighted by atomic mass is 10.0. The molecule has 0 aliphatic carbocycles. The van der Waals surface area contributed by atoms with Crippen molar-refractivity contribution in [2.24, 2.45) is 0 Å². The van der Waals surface area contributed by atoms with Gasteiger partial charge < -0.3 is 19.7 Å². The Morgan fingerprint density at radius 2 is 1.66 bits per heavy atom. The van der Waals surface area contributed by atoms with E-state index in [-0.39, 0.29) is 0 Å². The Morgan fingerprint density at radius 1 is 0.895 bits per heavy atom. The average Bonchev–Trinajstić information content (AvgIpc) is 3.28. The normalized spacial score (nSPS) is 11.0. The highest BCUT2D eigenvalue weighted by Gasteiger charge is 2.14. The minimum atomic E-state index is -1.33. The maximum absolute atomic E-state index is 11.1. The zero-order valence-corrected chi connectivity index (χ0v) is 21.3. The van der Waals surface area contributed by atoms with Crippen LogP contribution in [0.5, 0.6) is 5.75 Å². The minimum absolute atomic E-state index is 0.315. The summed E-state index contributed by atoms with van der Waals surface area (Å²) in [4.78, 5) is 20.9. The van der Waals surface area contributed by atoms with Crippen LogP contribution in [-0.2, 0) is 19.5 Å². The summed E-state index contributed by atoms with van der Waals surface area (Å²) in [6, 6.07) is 29.5. The van der Waals surface area contributed by atoms with E-state index in [9.17, 15) is 4.79 Å². The van der Waals surface area contributed by atoms with Gasteiger partial charge in [-0.2, -0.15) is 0 Å². The van der Waals surface area contributed by atoms with Crippen molar-refractivity contribution in [1.29, 1.82) is 0 Å². The Kier molecular flexibility index (Phi) is 7.64. The SMILES string of the molecule is CCCCc1nc2ccc(NCc3ccccc3)nc2n1Cc1ccc(-c2ccccc2OC(=O)O)cc1. The Bertz CT molecular complexity index is 1530. The average molecular weight is 507 g/mol. The zero-order chi connectivity index (χ0) is 26.3. The third-order valence-electron chi connectivity index (χ3n) is 6.43. The second-order valence-electron chi connectivity index (χ2n) is 9.16. The van der Waals surface area contributed by atoms with E-state index in [1.807, 2.05) is 54.6 Å². The fraction of sp³-hybridized carbons (Fsp3) is 0.194. The zero-order valence-electron chi connectivity index (χ0n) is 21.3. The van der Waals surface area contributed by atoms with E-state index in [4.69, 9.17) is 19.8 Å². The molecule has 5 aromatic rings. The number of carboxylic acid groups (broad SMARTS) is 1. The van der Waals surface area contributed by atoms with Gasteiger partial charge in [0.1, 0.15) is 22.9 Å². The van der Waals surface area contributed by atoms with Gasteiger partial charge in [0.05, 0.1) is 6.54 Å². The molecule has 0 aliphatic rings. The molecule has 7 heteroatoms. The number of benzene rings is 3. The molecule has 0 amide bonds. The van der Waals surface area contributed by atoms with Gasteiger partial charge in [0, 0.05) is 18.5 Å². The largest absolute Gasteiger partial charge is 0.511 e. The standard InChI is InChI=1S/C31H30N4O3/c1-2-3-13-29-33-26-18-19-28(32-20-22-9-5-4-6-10-22)34-30(26)35(29)21-23-14-16-24(17-15-23)25-11-7-8-12-27(25)38-31(36)37/h4-12,14-19H,2-3,13,20-21H2,1H3,(H,32,34)(H,36,37). The number of fused-ring (bicyclic) bond motifs is 1. The molecule has 0 aliphatic heterocycles. The van der Waals surface area contributed by atoms with Crippen LogP contribution in [0.2, 0.25) is 0 Å². The number of nitrogens with zero attached hydrogens (tertiary/aromatic N) is 3. The van der Waals surface area contributed by atoms with Crippen LogP contribution in [0.1, 0.15) is 36.7 Å². The first kappa shape index (κ1) is 25.0. The van der Waals surface area contributed by atoms with E-state index in [2.05, 4.69) is 41.1 Å². The van der Waals surface area contributed by atoms with Crippen molar-refractivity contribution in [1.82, 2.24) is 14.5 Å². The first-order chi connectivity index (χ1) is 18.6. The first-order valence-electron chi connectivity index (χ1n) is 12.8. The Balaban J connectivity index is 1.42. The number of carbonyl (C=O) groups is 1. The minimum Gasteiger partial charge on any atom is -0.449 e.